The van der Waals surface area contributed by atoms with Crippen molar-refractivity contribution in [2.24, 2.45) is 5.41 Å². The predicted molar refractivity (Wildman–Crippen MR) is 120 cm³/mol. The zero-order chi connectivity index (χ0) is 22.7. The first kappa shape index (κ1) is 28.8. The number of aliphatic carboxylic acids is 1. The van der Waals surface area contributed by atoms with Crippen LogP contribution in [-0.2, 0) is 4.79 Å². The first-order chi connectivity index (χ1) is 14.4. The molecule has 30 heavy (non-hydrogen) atoms. The molecule has 0 heterocycles. The van der Waals surface area contributed by atoms with Gasteiger partial charge < -0.3 is 25.5 Å². The molecule has 6 nitrogen and oxygen atoms in total. The first-order valence-corrected chi connectivity index (χ1v) is 11.5. The number of carbonyl (C=O) groups is 1. The second kappa shape index (κ2) is 18.6. The monoisotopic (exact) mass is 428 g/mol. The van der Waals surface area contributed by atoms with Gasteiger partial charge in [-0.25, -0.2) is 0 Å². The zero-order valence-electron chi connectivity index (χ0n) is 18.7. The lowest BCUT2D eigenvalue weighted by Gasteiger charge is -2.32. The van der Waals surface area contributed by atoms with Crippen molar-refractivity contribution in [3.63, 3.8) is 0 Å². The summed E-state index contributed by atoms with van der Waals surface area (Å²) in [6.07, 6.45) is 17.0. The largest absolute Gasteiger partial charge is 0.481 e. The molecule has 5 N–H and O–H groups in total. The minimum absolute atomic E-state index is 0.134. The van der Waals surface area contributed by atoms with Crippen LogP contribution < -0.4 is 0 Å². The maximum absolute atomic E-state index is 11.9. The molecule has 0 fully saturated rings. The molecule has 0 aromatic rings. The van der Waals surface area contributed by atoms with Crippen LogP contribution in [0.15, 0.2) is 24.3 Å². The predicted octanol–water partition coefficient (Wildman–Crippen LogP) is 3.97. The normalized spacial score (nSPS) is 16.2. The molecule has 0 aromatic carbocycles. The van der Waals surface area contributed by atoms with Crippen molar-refractivity contribution in [2.45, 2.75) is 103 Å². The Morgan fingerprint density at radius 3 is 1.77 bits per heavy atom. The van der Waals surface area contributed by atoms with Crippen molar-refractivity contribution in [3.05, 3.63) is 24.3 Å². The SMILES string of the molecule is CCCCC/C=C\C/C=C\CCCCCCC(CC(O)CO)(CC(O)CO)C(=O)O. The molecule has 6 heteroatoms. The zero-order valence-corrected chi connectivity index (χ0v) is 18.7. The second-order valence-corrected chi connectivity index (χ2v) is 8.29. The third kappa shape index (κ3) is 13.9. The van der Waals surface area contributed by atoms with E-state index in [9.17, 15) is 20.1 Å². The van der Waals surface area contributed by atoms with Gasteiger partial charge in [0.2, 0.25) is 0 Å². The van der Waals surface area contributed by atoms with Gasteiger partial charge in [-0.15, -0.1) is 0 Å². The molecule has 0 rings (SSSR count). The van der Waals surface area contributed by atoms with Gasteiger partial charge in [-0.1, -0.05) is 63.3 Å². The van der Waals surface area contributed by atoms with E-state index in [0.717, 1.165) is 38.5 Å². The average Bonchev–Trinajstić information content (AvgIpc) is 2.73. The first-order valence-electron chi connectivity index (χ1n) is 11.5. The molecule has 176 valence electrons. The molecule has 0 aliphatic heterocycles. The van der Waals surface area contributed by atoms with Crippen LogP contribution in [0.1, 0.15) is 90.4 Å². The highest BCUT2D eigenvalue weighted by molar-refractivity contribution is 5.74. The summed E-state index contributed by atoms with van der Waals surface area (Å²) in [5.74, 6) is -1.10. The van der Waals surface area contributed by atoms with Gasteiger partial charge in [0.1, 0.15) is 0 Å². The minimum Gasteiger partial charge on any atom is -0.481 e. The molecular formula is C24H44O6. The third-order valence-corrected chi connectivity index (χ3v) is 5.48. The van der Waals surface area contributed by atoms with Crippen LogP contribution >= 0.6 is 0 Å². The number of rotatable bonds is 20. The Bertz CT molecular complexity index is 462. The highest BCUT2D eigenvalue weighted by Gasteiger charge is 2.41. The van der Waals surface area contributed by atoms with Gasteiger partial charge in [0.15, 0.2) is 0 Å². The maximum Gasteiger partial charge on any atom is 0.309 e. The van der Waals surface area contributed by atoms with Crippen LogP contribution in [0, 0.1) is 5.41 Å². The highest BCUT2D eigenvalue weighted by Crippen LogP contribution is 2.36. The van der Waals surface area contributed by atoms with E-state index in [4.69, 9.17) is 10.2 Å². The van der Waals surface area contributed by atoms with Gasteiger partial charge in [0.25, 0.3) is 0 Å². The number of hydrogen-bond acceptors (Lipinski definition) is 5. The molecule has 0 aliphatic rings. The van der Waals surface area contributed by atoms with Gasteiger partial charge in [-0.2, -0.15) is 0 Å². The number of aliphatic hydroxyl groups is 4. The van der Waals surface area contributed by atoms with Crippen molar-refractivity contribution in [1.29, 1.82) is 0 Å². The summed E-state index contributed by atoms with van der Waals surface area (Å²) in [4.78, 5) is 11.9. The van der Waals surface area contributed by atoms with E-state index in [1.807, 2.05) is 0 Å². The smallest absolute Gasteiger partial charge is 0.309 e. The number of allylic oxidation sites excluding steroid dienone is 4. The summed E-state index contributed by atoms with van der Waals surface area (Å²) in [6.45, 7) is 1.16. The maximum atomic E-state index is 11.9. The van der Waals surface area contributed by atoms with Crippen LogP contribution in [0.4, 0.5) is 0 Å². The van der Waals surface area contributed by atoms with Crippen molar-refractivity contribution in [1.82, 2.24) is 0 Å². The Morgan fingerprint density at radius 1 is 0.800 bits per heavy atom. The summed E-state index contributed by atoms with van der Waals surface area (Å²) in [5.41, 5.74) is -1.34. The summed E-state index contributed by atoms with van der Waals surface area (Å²) in [5, 5.41) is 47.5. The molecule has 0 saturated carbocycles. The van der Waals surface area contributed by atoms with Crippen molar-refractivity contribution in [2.75, 3.05) is 13.2 Å². The minimum atomic E-state index is -1.34. The number of hydrogen-bond donors (Lipinski definition) is 5. The molecular weight excluding hydrogens is 384 g/mol. The molecule has 0 amide bonds. The average molecular weight is 429 g/mol. The molecule has 0 saturated heterocycles. The van der Waals surface area contributed by atoms with Crippen LogP contribution in [0.25, 0.3) is 0 Å². The van der Waals surface area contributed by atoms with Gasteiger partial charge in [-0.3, -0.25) is 4.79 Å². The van der Waals surface area contributed by atoms with Crippen molar-refractivity contribution in [3.8, 4) is 0 Å². The number of carboxylic acids is 1. The van der Waals surface area contributed by atoms with Crippen LogP contribution in [0.2, 0.25) is 0 Å². The summed E-state index contributed by atoms with van der Waals surface area (Å²) < 4.78 is 0. The van der Waals surface area contributed by atoms with Crippen LogP contribution in [0.5, 0.6) is 0 Å². The fourth-order valence-electron chi connectivity index (χ4n) is 3.70. The topological polar surface area (TPSA) is 118 Å². The quantitative estimate of drug-likeness (QED) is 0.148. The van der Waals surface area contributed by atoms with Crippen LogP contribution in [-0.4, -0.2) is 56.9 Å². The summed E-state index contributed by atoms with van der Waals surface area (Å²) in [6, 6.07) is 0. The molecule has 0 aromatic heterocycles. The number of unbranched alkanes of at least 4 members (excludes halogenated alkanes) is 7. The van der Waals surface area contributed by atoms with E-state index < -0.39 is 36.8 Å². The van der Waals surface area contributed by atoms with Gasteiger partial charge in [-0.05, 0) is 51.4 Å². The number of aliphatic hydroxyl groups excluding tert-OH is 4. The van der Waals surface area contributed by atoms with E-state index in [0.29, 0.717) is 12.8 Å². The Morgan fingerprint density at radius 2 is 1.30 bits per heavy atom. The van der Waals surface area contributed by atoms with E-state index in [-0.39, 0.29) is 12.8 Å². The van der Waals surface area contributed by atoms with Gasteiger partial charge >= 0.3 is 5.97 Å². The number of carboxylic acid groups (broad SMARTS) is 1. The van der Waals surface area contributed by atoms with Gasteiger partial charge in [0, 0.05) is 0 Å². The van der Waals surface area contributed by atoms with Crippen molar-refractivity contribution < 1.29 is 30.3 Å². The lowest BCUT2D eigenvalue weighted by molar-refractivity contribution is -0.155. The Hall–Kier alpha value is -1.21. The Labute approximate surface area is 182 Å². The molecule has 0 spiro atoms. The lowest BCUT2D eigenvalue weighted by atomic mass is 9.73. The van der Waals surface area contributed by atoms with E-state index in [2.05, 4.69) is 31.2 Å². The second-order valence-electron chi connectivity index (χ2n) is 8.29. The van der Waals surface area contributed by atoms with E-state index in [1.165, 1.54) is 19.3 Å². The molecule has 0 bridgehead atoms. The van der Waals surface area contributed by atoms with Crippen molar-refractivity contribution >= 4 is 5.97 Å². The molecule has 2 unspecified atom stereocenters. The van der Waals surface area contributed by atoms with Gasteiger partial charge in [0.05, 0.1) is 30.8 Å². The lowest BCUT2D eigenvalue weighted by Crippen LogP contribution is -2.39. The molecule has 2 atom stereocenters. The van der Waals surface area contributed by atoms with Crippen LogP contribution in [0.3, 0.4) is 0 Å². The summed E-state index contributed by atoms with van der Waals surface area (Å²) >= 11 is 0. The Balaban J connectivity index is 4.21. The molecule has 0 aliphatic carbocycles. The Kier molecular flexibility index (Phi) is 17.8. The summed E-state index contributed by atoms with van der Waals surface area (Å²) in [7, 11) is 0. The van der Waals surface area contributed by atoms with E-state index in [1.54, 1.807) is 0 Å². The fraction of sp³-hybridized carbons (Fsp3) is 0.792. The standard InChI is InChI=1S/C24H44O6/c1-2-3-4-5-6-7-8-9-10-11-12-13-14-15-16-24(23(29)30,17-21(27)19-25)18-22(28)20-26/h6-7,9-10,21-22,25-28H,2-5,8,11-20H2,1H3,(H,29,30)/b7-6-,10-9-. The fourth-order valence-corrected chi connectivity index (χ4v) is 3.70. The molecule has 0 radical (unpaired) electrons. The third-order valence-electron chi connectivity index (χ3n) is 5.48. The highest BCUT2D eigenvalue weighted by atomic mass is 16.4. The van der Waals surface area contributed by atoms with E-state index >= 15 is 0 Å².